The molecule has 110 valence electrons. The van der Waals surface area contributed by atoms with Crippen molar-refractivity contribution in [1.29, 1.82) is 0 Å². The zero-order chi connectivity index (χ0) is 14.7. The molecular weight excluding hydrogens is 268 g/mol. The van der Waals surface area contributed by atoms with Crippen LogP contribution in [0.3, 0.4) is 0 Å². The van der Waals surface area contributed by atoms with E-state index >= 15 is 0 Å². The molecule has 0 unspecified atom stereocenters. The van der Waals surface area contributed by atoms with Crippen LogP contribution in [0.1, 0.15) is 22.0 Å². The van der Waals surface area contributed by atoms with Gasteiger partial charge in [0.2, 0.25) is 0 Å². The molecule has 1 amide bonds. The fourth-order valence-corrected chi connectivity index (χ4v) is 2.95. The Bertz CT molecular complexity index is 585. The van der Waals surface area contributed by atoms with E-state index in [1.54, 1.807) is 31.8 Å². The molecule has 0 aromatic carbocycles. The third-order valence-corrected chi connectivity index (χ3v) is 3.97. The Labute approximate surface area is 123 Å². The highest BCUT2D eigenvalue weighted by atomic mass is 16.5. The van der Waals surface area contributed by atoms with E-state index in [0.717, 1.165) is 0 Å². The van der Waals surface area contributed by atoms with Crippen LogP contribution in [0.5, 0.6) is 0 Å². The molecule has 0 saturated carbocycles. The monoisotopic (exact) mass is 286 g/mol. The Morgan fingerprint density at radius 2 is 2.14 bits per heavy atom. The van der Waals surface area contributed by atoms with Crippen LogP contribution in [0.15, 0.2) is 36.8 Å². The van der Waals surface area contributed by atoms with Gasteiger partial charge in [-0.1, -0.05) is 0 Å². The Balaban J connectivity index is 1.79. The average molecular weight is 286 g/mol. The number of carbonyl (C=O) groups is 1. The molecule has 0 aliphatic carbocycles. The summed E-state index contributed by atoms with van der Waals surface area (Å²) in [6.07, 6.45) is 5.17. The molecule has 2 aromatic heterocycles. The van der Waals surface area contributed by atoms with Crippen molar-refractivity contribution in [1.82, 2.24) is 20.1 Å². The van der Waals surface area contributed by atoms with Crippen LogP contribution in [-0.2, 0) is 4.74 Å². The van der Waals surface area contributed by atoms with Gasteiger partial charge in [0.1, 0.15) is 5.69 Å². The zero-order valence-corrected chi connectivity index (χ0v) is 11.9. The highest BCUT2D eigenvalue weighted by molar-refractivity contribution is 5.92. The van der Waals surface area contributed by atoms with Crippen LogP contribution in [0.25, 0.3) is 0 Å². The minimum absolute atomic E-state index is 0.00911. The van der Waals surface area contributed by atoms with Crippen molar-refractivity contribution in [3.8, 4) is 0 Å². The Hall–Kier alpha value is -2.21. The number of nitrogens with one attached hydrogen (secondary N) is 1. The molecule has 1 N–H and O–H groups in total. The predicted octanol–water partition coefficient (Wildman–Crippen LogP) is 1.31. The molecule has 0 radical (unpaired) electrons. The lowest BCUT2D eigenvalue weighted by Gasteiger charge is -2.17. The minimum atomic E-state index is -0.00911. The molecule has 3 heterocycles. The van der Waals surface area contributed by atoms with Crippen LogP contribution < -0.4 is 0 Å². The van der Waals surface area contributed by atoms with E-state index in [9.17, 15) is 4.79 Å². The fourth-order valence-electron chi connectivity index (χ4n) is 2.95. The summed E-state index contributed by atoms with van der Waals surface area (Å²) in [5, 5.41) is 6.57. The second-order valence-electron chi connectivity index (χ2n) is 5.28. The SMILES string of the molecule is COC[C@@H]1CN(C(=O)c2ccn[nH]2)C[C@H]1c1ccncc1. The van der Waals surface area contributed by atoms with Crippen LogP contribution in [0.4, 0.5) is 0 Å². The summed E-state index contributed by atoms with van der Waals surface area (Å²) >= 11 is 0. The highest BCUT2D eigenvalue weighted by Crippen LogP contribution is 2.33. The maximum Gasteiger partial charge on any atom is 0.271 e. The van der Waals surface area contributed by atoms with Crippen molar-refractivity contribution in [2.24, 2.45) is 5.92 Å². The van der Waals surface area contributed by atoms with E-state index in [2.05, 4.69) is 15.2 Å². The number of H-pyrrole nitrogens is 1. The zero-order valence-electron chi connectivity index (χ0n) is 11.9. The molecule has 3 rings (SSSR count). The van der Waals surface area contributed by atoms with Gasteiger partial charge in [-0.15, -0.1) is 0 Å². The van der Waals surface area contributed by atoms with Gasteiger partial charge < -0.3 is 9.64 Å². The van der Waals surface area contributed by atoms with E-state index in [1.165, 1.54) is 5.56 Å². The summed E-state index contributed by atoms with van der Waals surface area (Å²) in [4.78, 5) is 18.4. The average Bonchev–Trinajstić information content (AvgIpc) is 3.18. The standard InChI is InChI=1S/C15H18N4O2/c1-21-10-12-8-19(15(20)14-4-7-17-18-14)9-13(12)11-2-5-16-6-3-11/h2-7,12-13H,8-10H2,1H3,(H,17,18)/t12-,13-/m0/s1. The summed E-state index contributed by atoms with van der Waals surface area (Å²) in [6, 6.07) is 5.72. The van der Waals surface area contributed by atoms with Crippen molar-refractivity contribution >= 4 is 5.91 Å². The van der Waals surface area contributed by atoms with Gasteiger partial charge in [0.15, 0.2) is 0 Å². The third-order valence-electron chi connectivity index (χ3n) is 3.97. The number of carbonyl (C=O) groups excluding carboxylic acids is 1. The number of methoxy groups -OCH3 is 1. The van der Waals surface area contributed by atoms with Crippen LogP contribution >= 0.6 is 0 Å². The van der Waals surface area contributed by atoms with Gasteiger partial charge in [0, 0.05) is 50.6 Å². The summed E-state index contributed by atoms with van der Waals surface area (Å²) < 4.78 is 5.32. The number of hydrogen-bond acceptors (Lipinski definition) is 4. The highest BCUT2D eigenvalue weighted by Gasteiger charge is 2.36. The summed E-state index contributed by atoms with van der Waals surface area (Å²) in [5.74, 6) is 0.564. The van der Waals surface area contributed by atoms with Gasteiger partial charge >= 0.3 is 0 Å². The summed E-state index contributed by atoms with van der Waals surface area (Å²) in [5.41, 5.74) is 1.73. The van der Waals surface area contributed by atoms with E-state index in [4.69, 9.17) is 4.74 Å². The van der Waals surface area contributed by atoms with Crippen LogP contribution in [0, 0.1) is 5.92 Å². The molecule has 6 heteroatoms. The largest absolute Gasteiger partial charge is 0.384 e. The van der Waals surface area contributed by atoms with Gasteiger partial charge in [-0.25, -0.2) is 0 Å². The molecule has 6 nitrogen and oxygen atoms in total. The number of aromatic nitrogens is 3. The summed E-state index contributed by atoms with van der Waals surface area (Å²) in [7, 11) is 1.70. The lowest BCUT2D eigenvalue weighted by molar-refractivity contribution is 0.0769. The molecule has 1 fully saturated rings. The molecule has 2 aromatic rings. The van der Waals surface area contributed by atoms with Crippen LogP contribution in [-0.4, -0.2) is 52.8 Å². The molecule has 1 aliphatic heterocycles. The first-order valence-electron chi connectivity index (χ1n) is 6.97. The number of pyridine rings is 1. The number of ether oxygens (including phenoxy) is 1. The number of likely N-dealkylation sites (tertiary alicyclic amines) is 1. The van der Waals surface area contributed by atoms with Gasteiger partial charge in [-0.05, 0) is 23.8 Å². The quantitative estimate of drug-likeness (QED) is 0.920. The first-order chi connectivity index (χ1) is 10.3. The number of aromatic amines is 1. The van der Waals surface area contributed by atoms with Gasteiger partial charge in [-0.2, -0.15) is 5.10 Å². The Morgan fingerprint density at radius 3 is 2.81 bits per heavy atom. The van der Waals surface area contributed by atoms with E-state index in [0.29, 0.717) is 31.3 Å². The fraction of sp³-hybridized carbons (Fsp3) is 0.400. The molecule has 0 spiro atoms. The topological polar surface area (TPSA) is 71.1 Å². The number of rotatable bonds is 4. The van der Waals surface area contributed by atoms with Crippen molar-refractivity contribution in [3.05, 3.63) is 48.0 Å². The molecule has 1 aliphatic rings. The Kier molecular flexibility index (Phi) is 3.96. The first kappa shape index (κ1) is 13.8. The summed E-state index contributed by atoms with van der Waals surface area (Å²) in [6.45, 7) is 2.02. The van der Waals surface area contributed by atoms with E-state index < -0.39 is 0 Å². The second-order valence-corrected chi connectivity index (χ2v) is 5.28. The van der Waals surface area contributed by atoms with Crippen LogP contribution in [0.2, 0.25) is 0 Å². The van der Waals surface area contributed by atoms with E-state index in [-0.39, 0.29) is 11.8 Å². The molecule has 21 heavy (non-hydrogen) atoms. The van der Waals surface area contributed by atoms with Gasteiger partial charge in [0.25, 0.3) is 5.91 Å². The molecule has 2 atom stereocenters. The first-order valence-corrected chi connectivity index (χ1v) is 6.97. The predicted molar refractivity (Wildman–Crippen MR) is 76.8 cm³/mol. The maximum absolute atomic E-state index is 12.4. The van der Waals surface area contributed by atoms with Gasteiger partial charge in [0.05, 0.1) is 6.61 Å². The normalized spacial score (nSPS) is 21.7. The van der Waals surface area contributed by atoms with Crippen molar-refractivity contribution in [3.63, 3.8) is 0 Å². The molecule has 0 bridgehead atoms. The number of nitrogens with zero attached hydrogens (tertiary/aromatic N) is 3. The van der Waals surface area contributed by atoms with Crippen molar-refractivity contribution in [2.75, 3.05) is 26.8 Å². The van der Waals surface area contributed by atoms with Crippen molar-refractivity contribution < 1.29 is 9.53 Å². The number of amides is 1. The van der Waals surface area contributed by atoms with Gasteiger partial charge in [-0.3, -0.25) is 14.9 Å². The van der Waals surface area contributed by atoms with E-state index in [1.807, 2.05) is 17.0 Å². The lowest BCUT2D eigenvalue weighted by Crippen LogP contribution is -2.29. The molecule has 1 saturated heterocycles. The number of hydrogen-bond donors (Lipinski definition) is 1. The van der Waals surface area contributed by atoms with Crippen molar-refractivity contribution in [2.45, 2.75) is 5.92 Å². The third kappa shape index (κ3) is 2.80. The Morgan fingerprint density at radius 1 is 1.33 bits per heavy atom. The maximum atomic E-state index is 12.4. The minimum Gasteiger partial charge on any atom is -0.384 e. The smallest absolute Gasteiger partial charge is 0.271 e. The molecular formula is C15H18N4O2. The second kappa shape index (κ2) is 6.05. The lowest BCUT2D eigenvalue weighted by atomic mass is 9.90.